The molecule has 20 heavy (non-hydrogen) atoms. The van der Waals surface area contributed by atoms with Crippen LogP contribution in [0.5, 0.6) is 5.88 Å². The molecule has 0 spiro atoms. The Bertz CT molecular complexity index is 445. The molecule has 0 saturated carbocycles. The van der Waals surface area contributed by atoms with Gasteiger partial charge in [-0.1, -0.05) is 0 Å². The molecule has 3 heterocycles. The van der Waals surface area contributed by atoms with Gasteiger partial charge in [0.2, 0.25) is 5.88 Å². The van der Waals surface area contributed by atoms with Crippen LogP contribution >= 0.6 is 0 Å². The van der Waals surface area contributed by atoms with Gasteiger partial charge in [-0.05, 0) is 0 Å². The summed E-state index contributed by atoms with van der Waals surface area (Å²) in [6.45, 7) is 6.41. The number of ether oxygens (including phenoxy) is 2. The zero-order valence-electron chi connectivity index (χ0n) is 11.5. The number of hydrogen-bond donors (Lipinski definition) is 1. The van der Waals surface area contributed by atoms with Gasteiger partial charge >= 0.3 is 0 Å². The van der Waals surface area contributed by atoms with Gasteiger partial charge in [-0.3, -0.25) is 9.69 Å². The minimum absolute atomic E-state index is 0.135. The van der Waals surface area contributed by atoms with E-state index in [1.165, 1.54) is 0 Å². The van der Waals surface area contributed by atoms with Gasteiger partial charge in [0.25, 0.3) is 5.91 Å². The largest absolute Gasteiger partial charge is 0.478 e. The van der Waals surface area contributed by atoms with Gasteiger partial charge in [-0.25, -0.2) is 4.68 Å². The first kappa shape index (κ1) is 13.4. The Labute approximate surface area is 117 Å². The second kappa shape index (κ2) is 6.23. The maximum Gasteiger partial charge on any atom is 0.271 e. The molecule has 3 rings (SSSR count). The first-order valence-electron chi connectivity index (χ1n) is 7.12. The molecule has 1 aromatic heterocycles. The fourth-order valence-electron chi connectivity index (χ4n) is 2.42. The van der Waals surface area contributed by atoms with E-state index >= 15 is 0 Å². The molecule has 1 saturated heterocycles. The standard InChI is InChI=1S/C13H20N4O3/c18-13(14-2-4-16-5-8-19-9-6-16)11-10-12-17(15-11)3-1-7-20-12/h10H,1-9H2,(H,14,18). The van der Waals surface area contributed by atoms with Gasteiger partial charge in [0.05, 0.1) is 19.8 Å². The van der Waals surface area contributed by atoms with E-state index in [2.05, 4.69) is 15.3 Å². The third kappa shape index (κ3) is 3.10. The Morgan fingerprint density at radius 1 is 1.30 bits per heavy atom. The van der Waals surface area contributed by atoms with E-state index in [0.29, 0.717) is 24.7 Å². The number of aryl methyl sites for hydroxylation is 1. The average Bonchev–Trinajstić information content (AvgIpc) is 2.92. The number of morpholine rings is 1. The minimum atomic E-state index is -0.135. The first-order chi connectivity index (χ1) is 9.83. The number of carbonyl (C=O) groups is 1. The van der Waals surface area contributed by atoms with E-state index in [4.69, 9.17) is 9.47 Å². The lowest BCUT2D eigenvalue weighted by molar-refractivity contribution is 0.0383. The molecule has 0 unspecified atom stereocenters. The van der Waals surface area contributed by atoms with E-state index in [1.54, 1.807) is 10.7 Å². The zero-order chi connectivity index (χ0) is 13.8. The molecule has 0 radical (unpaired) electrons. The smallest absolute Gasteiger partial charge is 0.271 e. The minimum Gasteiger partial charge on any atom is -0.478 e. The molecular weight excluding hydrogens is 260 g/mol. The van der Waals surface area contributed by atoms with E-state index in [1.807, 2.05) is 0 Å². The molecule has 0 aliphatic carbocycles. The third-order valence-corrected chi connectivity index (χ3v) is 3.56. The van der Waals surface area contributed by atoms with Crippen molar-refractivity contribution in [1.29, 1.82) is 0 Å². The Hall–Kier alpha value is -1.60. The van der Waals surface area contributed by atoms with Crippen molar-refractivity contribution in [2.75, 3.05) is 46.0 Å². The van der Waals surface area contributed by atoms with Crippen molar-refractivity contribution in [1.82, 2.24) is 20.0 Å². The highest BCUT2D eigenvalue weighted by Crippen LogP contribution is 2.18. The zero-order valence-corrected chi connectivity index (χ0v) is 11.5. The van der Waals surface area contributed by atoms with E-state index in [9.17, 15) is 4.79 Å². The number of hydrogen-bond acceptors (Lipinski definition) is 5. The number of nitrogens with zero attached hydrogens (tertiary/aromatic N) is 3. The second-order valence-corrected chi connectivity index (χ2v) is 5.00. The van der Waals surface area contributed by atoms with E-state index in [0.717, 1.165) is 45.8 Å². The number of fused-ring (bicyclic) bond motifs is 1. The molecule has 1 amide bonds. The van der Waals surface area contributed by atoms with Gasteiger partial charge in [-0.2, -0.15) is 5.10 Å². The summed E-state index contributed by atoms with van der Waals surface area (Å²) in [6, 6.07) is 1.71. The van der Waals surface area contributed by atoms with Crippen molar-refractivity contribution in [3.63, 3.8) is 0 Å². The van der Waals surface area contributed by atoms with Crippen LogP contribution in [0, 0.1) is 0 Å². The van der Waals surface area contributed by atoms with Gasteiger partial charge in [0, 0.05) is 45.2 Å². The molecule has 2 aliphatic heterocycles. The summed E-state index contributed by atoms with van der Waals surface area (Å²) in [5, 5.41) is 7.16. The summed E-state index contributed by atoms with van der Waals surface area (Å²) < 4.78 is 12.5. The van der Waals surface area contributed by atoms with Gasteiger partial charge in [0.15, 0.2) is 5.69 Å². The lowest BCUT2D eigenvalue weighted by Crippen LogP contribution is -2.41. The van der Waals surface area contributed by atoms with E-state index < -0.39 is 0 Å². The number of aromatic nitrogens is 2. The predicted octanol–water partition coefficient (Wildman–Crippen LogP) is -0.272. The molecule has 0 aromatic carbocycles. The van der Waals surface area contributed by atoms with Crippen LogP contribution in [0.25, 0.3) is 0 Å². The van der Waals surface area contributed by atoms with Crippen molar-refractivity contribution in [3.8, 4) is 5.88 Å². The lowest BCUT2D eigenvalue weighted by Gasteiger charge is -2.26. The quantitative estimate of drug-likeness (QED) is 0.822. The third-order valence-electron chi connectivity index (χ3n) is 3.56. The highest BCUT2D eigenvalue weighted by Gasteiger charge is 2.18. The van der Waals surface area contributed by atoms with Crippen molar-refractivity contribution in [2.24, 2.45) is 0 Å². The van der Waals surface area contributed by atoms with Crippen LogP contribution in [0.2, 0.25) is 0 Å². The number of rotatable bonds is 4. The molecule has 1 aromatic rings. The number of amides is 1. The Morgan fingerprint density at radius 3 is 2.95 bits per heavy atom. The summed E-state index contributed by atoms with van der Waals surface area (Å²) in [6.07, 6.45) is 0.937. The van der Waals surface area contributed by atoms with Gasteiger partial charge < -0.3 is 14.8 Å². The van der Waals surface area contributed by atoms with Gasteiger partial charge in [-0.15, -0.1) is 0 Å². The summed E-state index contributed by atoms with van der Waals surface area (Å²) in [7, 11) is 0. The summed E-state index contributed by atoms with van der Waals surface area (Å²) in [5.41, 5.74) is 0.434. The Balaban J connectivity index is 1.47. The van der Waals surface area contributed by atoms with Crippen LogP contribution < -0.4 is 10.1 Å². The van der Waals surface area contributed by atoms with Crippen LogP contribution in [-0.2, 0) is 11.3 Å². The molecule has 2 aliphatic rings. The van der Waals surface area contributed by atoms with Crippen LogP contribution in [0.4, 0.5) is 0 Å². The molecule has 7 nitrogen and oxygen atoms in total. The highest BCUT2D eigenvalue weighted by atomic mass is 16.5. The number of nitrogens with one attached hydrogen (secondary N) is 1. The fourth-order valence-corrected chi connectivity index (χ4v) is 2.42. The highest BCUT2D eigenvalue weighted by molar-refractivity contribution is 5.92. The second-order valence-electron chi connectivity index (χ2n) is 5.00. The number of carbonyl (C=O) groups excluding carboxylic acids is 1. The molecule has 1 fully saturated rings. The SMILES string of the molecule is O=C(NCCN1CCOCC1)c1cc2n(n1)CCCO2. The summed E-state index contributed by atoms with van der Waals surface area (Å²) in [5.74, 6) is 0.554. The predicted molar refractivity (Wildman–Crippen MR) is 71.9 cm³/mol. The van der Waals surface area contributed by atoms with Crippen LogP contribution in [0.15, 0.2) is 6.07 Å². The molecule has 7 heteroatoms. The molecule has 1 N–H and O–H groups in total. The topological polar surface area (TPSA) is 68.6 Å². The Kier molecular flexibility index (Phi) is 4.17. The van der Waals surface area contributed by atoms with Gasteiger partial charge in [0.1, 0.15) is 0 Å². The molecule has 0 bridgehead atoms. The molecule has 110 valence electrons. The van der Waals surface area contributed by atoms with Crippen LogP contribution in [0.3, 0.4) is 0 Å². The van der Waals surface area contributed by atoms with Crippen molar-refractivity contribution in [3.05, 3.63) is 11.8 Å². The van der Waals surface area contributed by atoms with Crippen molar-refractivity contribution in [2.45, 2.75) is 13.0 Å². The average molecular weight is 280 g/mol. The molecule has 0 atom stereocenters. The Morgan fingerprint density at radius 2 is 2.15 bits per heavy atom. The maximum atomic E-state index is 12.0. The maximum absolute atomic E-state index is 12.0. The lowest BCUT2D eigenvalue weighted by atomic mass is 10.3. The molecular formula is C13H20N4O3. The van der Waals surface area contributed by atoms with Crippen LogP contribution in [-0.4, -0.2) is 66.6 Å². The summed E-state index contributed by atoms with van der Waals surface area (Å²) >= 11 is 0. The van der Waals surface area contributed by atoms with Crippen molar-refractivity contribution >= 4 is 5.91 Å². The van der Waals surface area contributed by atoms with Crippen LogP contribution in [0.1, 0.15) is 16.9 Å². The summed E-state index contributed by atoms with van der Waals surface area (Å²) in [4.78, 5) is 14.3. The fraction of sp³-hybridized carbons (Fsp3) is 0.692. The van der Waals surface area contributed by atoms with E-state index in [-0.39, 0.29) is 5.91 Å². The first-order valence-corrected chi connectivity index (χ1v) is 7.12. The monoisotopic (exact) mass is 280 g/mol. The normalized spacial score (nSPS) is 19.2. The van der Waals surface area contributed by atoms with Crippen molar-refractivity contribution < 1.29 is 14.3 Å².